The Bertz CT molecular complexity index is 533. The summed E-state index contributed by atoms with van der Waals surface area (Å²) in [5.41, 5.74) is 0.752. The molecule has 0 aliphatic rings. The minimum atomic E-state index is -3.20. The Morgan fingerprint density at radius 2 is 1.89 bits per heavy atom. The number of hydrogen-bond donors (Lipinski definition) is 0. The molecule has 6 heteroatoms. The number of ether oxygens (including phenoxy) is 1. The maximum Gasteiger partial charge on any atom is 0.158 e. The van der Waals surface area contributed by atoms with Crippen molar-refractivity contribution >= 4 is 33.0 Å². The Balaban J connectivity index is 2.75. The summed E-state index contributed by atoms with van der Waals surface area (Å²) in [6, 6.07) is 5.26. The Morgan fingerprint density at radius 3 is 2.42 bits per heavy atom. The fourth-order valence-corrected chi connectivity index (χ4v) is 2.75. The van der Waals surface area contributed by atoms with E-state index in [1.165, 1.54) is 0 Å². The van der Waals surface area contributed by atoms with E-state index in [-0.39, 0.29) is 18.2 Å². The average Bonchev–Trinajstić information content (AvgIpc) is 2.29. The van der Waals surface area contributed by atoms with E-state index in [4.69, 9.17) is 27.9 Å². The van der Waals surface area contributed by atoms with Crippen molar-refractivity contribution in [2.45, 2.75) is 31.4 Å². The van der Waals surface area contributed by atoms with E-state index >= 15 is 0 Å². The lowest BCUT2D eigenvalue weighted by Crippen LogP contribution is -2.32. The number of sulfone groups is 1. The van der Waals surface area contributed by atoms with E-state index in [0.29, 0.717) is 10.8 Å². The molecule has 0 saturated heterocycles. The molecule has 3 nitrogen and oxygen atoms in total. The lowest BCUT2D eigenvalue weighted by molar-refractivity contribution is 0.337. The molecule has 19 heavy (non-hydrogen) atoms. The minimum absolute atomic E-state index is 0.0521. The summed E-state index contributed by atoms with van der Waals surface area (Å²) in [6.45, 7) is 5.07. The number of rotatable bonds is 5. The molecule has 0 aliphatic heterocycles. The predicted octanol–water partition coefficient (Wildman–Crippen LogP) is 3.67. The molecule has 0 spiro atoms. The molecular formula is C13H18Cl2O3S. The normalized spacial score (nSPS) is 12.5. The number of halogens is 2. The van der Waals surface area contributed by atoms with Gasteiger partial charge < -0.3 is 4.74 Å². The summed E-state index contributed by atoms with van der Waals surface area (Å²) in [6.07, 6.45) is 0. The average molecular weight is 325 g/mol. The largest absolute Gasteiger partial charge is 0.491 e. The highest BCUT2D eigenvalue weighted by Gasteiger charge is 2.28. The van der Waals surface area contributed by atoms with Crippen LogP contribution in [0.2, 0.25) is 5.02 Å². The van der Waals surface area contributed by atoms with Crippen molar-refractivity contribution in [1.82, 2.24) is 0 Å². The third-order valence-electron chi connectivity index (χ3n) is 2.72. The molecule has 0 N–H and O–H groups in total. The molecule has 108 valence electrons. The van der Waals surface area contributed by atoms with E-state index in [1.807, 2.05) is 0 Å². The molecule has 0 bridgehead atoms. The van der Waals surface area contributed by atoms with Gasteiger partial charge in [-0.05, 0) is 26.8 Å². The zero-order chi connectivity index (χ0) is 14.7. The minimum Gasteiger partial charge on any atom is -0.491 e. The number of alkyl halides is 1. The van der Waals surface area contributed by atoms with E-state index in [9.17, 15) is 8.42 Å². The summed E-state index contributed by atoms with van der Waals surface area (Å²) < 4.78 is 28.6. The first-order valence-electron chi connectivity index (χ1n) is 5.87. The van der Waals surface area contributed by atoms with Crippen LogP contribution in [-0.2, 0) is 15.7 Å². The van der Waals surface area contributed by atoms with Crippen LogP contribution < -0.4 is 4.74 Å². The van der Waals surface area contributed by atoms with Gasteiger partial charge in [-0.1, -0.05) is 23.7 Å². The van der Waals surface area contributed by atoms with Crippen molar-refractivity contribution in [2.75, 3.05) is 12.4 Å². The first-order chi connectivity index (χ1) is 8.69. The molecule has 0 heterocycles. The van der Waals surface area contributed by atoms with Crippen LogP contribution in [0.5, 0.6) is 5.75 Å². The molecule has 0 aliphatic carbocycles. The molecular weight excluding hydrogens is 307 g/mol. The molecule has 1 rings (SSSR count). The Kier molecular flexibility index (Phi) is 5.53. The smallest absolute Gasteiger partial charge is 0.158 e. The maximum absolute atomic E-state index is 11.9. The first-order valence-corrected chi connectivity index (χ1v) is 8.44. The lowest BCUT2D eigenvalue weighted by atomic mass is 10.2. The first kappa shape index (κ1) is 16.6. The fraction of sp³-hybridized carbons (Fsp3) is 0.538. The van der Waals surface area contributed by atoms with Crippen LogP contribution in [0.3, 0.4) is 0 Å². The van der Waals surface area contributed by atoms with Crippen LogP contribution in [0.25, 0.3) is 0 Å². The molecule has 0 unspecified atom stereocenters. The molecule has 0 atom stereocenters. The maximum atomic E-state index is 11.9. The van der Waals surface area contributed by atoms with Crippen LogP contribution in [0.1, 0.15) is 26.3 Å². The van der Waals surface area contributed by atoms with Gasteiger partial charge in [0.1, 0.15) is 12.4 Å². The predicted molar refractivity (Wildman–Crippen MR) is 80.0 cm³/mol. The van der Waals surface area contributed by atoms with Gasteiger partial charge in [0.2, 0.25) is 0 Å². The van der Waals surface area contributed by atoms with Crippen molar-refractivity contribution in [1.29, 1.82) is 0 Å². The molecule has 0 saturated carbocycles. The van der Waals surface area contributed by atoms with Crippen molar-refractivity contribution in [3.8, 4) is 5.75 Å². The van der Waals surface area contributed by atoms with Gasteiger partial charge in [0.15, 0.2) is 9.84 Å². The van der Waals surface area contributed by atoms with E-state index in [1.54, 1.807) is 39.0 Å². The second kappa shape index (κ2) is 6.33. The van der Waals surface area contributed by atoms with Gasteiger partial charge in [-0.3, -0.25) is 0 Å². The van der Waals surface area contributed by atoms with Gasteiger partial charge >= 0.3 is 0 Å². The molecule has 0 aromatic heterocycles. The van der Waals surface area contributed by atoms with Crippen molar-refractivity contribution < 1.29 is 13.2 Å². The van der Waals surface area contributed by atoms with Gasteiger partial charge in [-0.25, -0.2) is 8.42 Å². The molecule has 1 aromatic rings. The Hall–Kier alpha value is -0.450. The van der Waals surface area contributed by atoms with E-state index in [2.05, 4.69) is 0 Å². The second-order valence-corrected chi connectivity index (χ2v) is 8.68. The molecule has 1 aromatic carbocycles. The molecule has 0 radical (unpaired) electrons. The monoisotopic (exact) mass is 324 g/mol. The second-order valence-electron chi connectivity index (χ2n) is 5.14. The molecule has 0 amide bonds. The number of hydrogen-bond acceptors (Lipinski definition) is 3. The third kappa shape index (κ3) is 4.26. The van der Waals surface area contributed by atoms with Crippen molar-refractivity contribution in [2.24, 2.45) is 0 Å². The highest BCUT2D eigenvalue weighted by molar-refractivity contribution is 7.92. The van der Waals surface area contributed by atoms with Crippen LogP contribution in [0.4, 0.5) is 0 Å². The standard InChI is InChI=1S/C13H18Cl2O3S/c1-13(2,3)19(16,17)8-7-18-12-10(9-14)5-4-6-11(12)15/h4-6H,7-9H2,1-3H3. The van der Waals surface area contributed by atoms with Gasteiger partial charge in [-0.2, -0.15) is 0 Å². The zero-order valence-electron chi connectivity index (χ0n) is 11.2. The Labute approximate surface area is 124 Å². The lowest BCUT2D eigenvalue weighted by Gasteiger charge is -2.19. The topological polar surface area (TPSA) is 43.4 Å². The summed E-state index contributed by atoms with van der Waals surface area (Å²) >= 11 is 11.8. The Morgan fingerprint density at radius 1 is 1.26 bits per heavy atom. The van der Waals surface area contributed by atoms with E-state index < -0.39 is 14.6 Å². The van der Waals surface area contributed by atoms with Crippen LogP contribution in [0.15, 0.2) is 18.2 Å². The SMILES string of the molecule is CC(C)(C)S(=O)(=O)CCOc1c(Cl)cccc1CCl. The summed E-state index contributed by atoms with van der Waals surface area (Å²) in [4.78, 5) is 0. The van der Waals surface area contributed by atoms with Crippen LogP contribution >= 0.6 is 23.2 Å². The van der Waals surface area contributed by atoms with Crippen molar-refractivity contribution in [3.63, 3.8) is 0 Å². The fourth-order valence-electron chi connectivity index (χ4n) is 1.38. The number of benzene rings is 1. The summed E-state index contributed by atoms with van der Waals surface area (Å²) in [7, 11) is -3.20. The van der Waals surface area contributed by atoms with E-state index in [0.717, 1.165) is 5.56 Å². The van der Waals surface area contributed by atoms with Gasteiger partial charge in [-0.15, -0.1) is 11.6 Å². The highest BCUT2D eigenvalue weighted by Crippen LogP contribution is 2.30. The molecule has 0 fully saturated rings. The number of para-hydroxylation sites is 1. The quantitative estimate of drug-likeness (QED) is 0.776. The third-order valence-corrected chi connectivity index (χ3v) is 5.88. The van der Waals surface area contributed by atoms with Gasteiger partial charge in [0.25, 0.3) is 0 Å². The van der Waals surface area contributed by atoms with Crippen molar-refractivity contribution in [3.05, 3.63) is 28.8 Å². The summed E-state index contributed by atoms with van der Waals surface area (Å²) in [5.74, 6) is 0.675. The van der Waals surface area contributed by atoms with Gasteiger partial charge in [0.05, 0.1) is 21.4 Å². The summed E-state index contributed by atoms with van der Waals surface area (Å²) in [5, 5.41) is 0.436. The zero-order valence-corrected chi connectivity index (χ0v) is 13.6. The van der Waals surface area contributed by atoms with Crippen LogP contribution in [0, 0.1) is 0 Å². The van der Waals surface area contributed by atoms with Gasteiger partial charge in [0, 0.05) is 5.56 Å². The highest BCUT2D eigenvalue weighted by atomic mass is 35.5. The van der Waals surface area contributed by atoms with Crippen LogP contribution in [-0.4, -0.2) is 25.5 Å².